The number of aromatic nitrogens is 2. The summed E-state index contributed by atoms with van der Waals surface area (Å²) in [6.07, 6.45) is -5.10. The number of carbonyl (C=O) groups excluding carboxylic acids is 1. The third kappa shape index (κ3) is 4.15. The highest BCUT2D eigenvalue weighted by molar-refractivity contribution is 6.42. The molecule has 2 rings (SSSR count). The minimum atomic E-state index is -5.10. The zero-order chi connectivity index (χ0) is 18.1. The van der Waals surface area contributed by atoms with E-state index in [2.05, 4.69) is 15.3 Å². The summed E-state index contributed by atoms with van der Waals surface area (Å²) in [7, 11) is 0. The van der Waals surface area contributed by atoms with E-state index < -0.39 is 35.5 Å². The van der Waals surface area contributed by atoms with Gasteiger partial charge in [-0.25, -0.2) is 14.2 Å². The number of nitrogen functional groups attached to an aromatic ring is 1. The molecule has 128 valence electrons. The molecule has 0 unspecified atom stereocenters. The SMILES string of the molecule is Nc1nc(NC(=O)Nc2ccc(Cl)c(Cl)c2)nc(C(F)(F)F)c1F. The van der Waals surface area contributed by atoms with E-state index in [1.807, 2.05) is 5.32 Å². The first-order valence-corrected chi connectivity index (χ1v) is 6.77. The largest absolute Gasteiger partial charge is 0.436 e. The van der Waals surface area contributed by atoms with Crippen LogP contribution in [-0.2, 0) is 6.18 Å². The Morgan fingerprint density at radius 1 is 1.12 bits per heavy atom. The third-order valence-electron chi connectivity index (χ3n) is 2.55. The number of alkyl halides is 3. The molecular formula is C12H7Cl2F4N5O. The van der Waals surface area contributed by atoms with Crippen LogP contribution in [0.5, 0.6) is 0 Å². The van der Waals surface area contributed by atoms with Gasteiger partial charge in [-0.15, -0.1) is 0 Å². The van der Waals surface area contributed by atoms with Crippen molar-refractivity contribution in [3.05, 3.63) is 39.8 Å². The molecule has 0 aliphatic heterocycles. The maximum absolute atomic E-state index is 13.3. The first kappa shape index (κ1) is 18.0. The van der Waals surface area contributed by atoms with Crippen LogP contribution < -0.4 is 16.4 Å². The molecule has 0 bridgehead atoms. The van der Waals surface area contributed by atoms with Gasteiger partial charge in [0.25, 0.3) is 0 Å². The van der Waals surface area contributed by atoms with Crippen LogP contribution in [0, 0.1) is 5.82 Å². The smallest absolute Gasteiger partial charge is 0.381 e. The Morgan fingerprint density at radius 2 is 1.79 bits per heavy atom. The number of benzene rings is 1. The van der Waals surface area contributed by atoms with Crippen LogP contribution in [0.2, 0.25) is 10.0 Å². The van der Waals surface area contributed by atoms with Gasteiger partial charge in [0.05, 0.1) is 10.0 Å². The number of anilines is 3. The number of hydrogen-bond acceptors (Lipinski definition) is 4. The molecule has 12 heteroatoms. The van der Waals surface area contributed by atoms with Crippen molar-refractivity contribution in [1.29, 1.82) is 0 Å². The van der Waals surface area contributed by atoms with E-state index in [9.17, 15) is 22.4 Å². The average molecular weight is 384 g/mol. The molecule has 1 heterocycles. The summed E-state index contributed by atoms with van der Waals surface area (Å²) in [6.45, 7) is 0. The predicted octanol–water partition coefficient (Wildman–Crippen LogP) is 4.17. The zero-order valence-electron chi connectivity index (χ0n) is 11.4. The number of nitrogens with two attached hydrogens (primary N) is 1. The van der Waals surface area contributed by atoms with Crippen LogP contribution >= 0.6 is 23.2 Å². The van der Waals surface area contributed by atoms with Gasteiger partial charge in [0.1, 0.15) is 0 Å². The summed E-state index contributed by atoms with van der Waals surface area (Å²) in [5.41, 5.74) is 3.37. The molecule has 4 N–H and O–H groups in total. The van der Waals surface area contributed by atoms with E-state index in [4.69, 9.17) is 28.9 Å². The first-order valence-electron chi connectivity index (χ1n) is 6.01. The summed E-state index contributed by atoms with van der Waals surface area (Å²) >= 11 is 11.5. The van der Waals surface area contributed by atoms with Crippen LogP contribution in [0.1, 0.15) is 5.69 Å². The average Bonchev–Trinajstić information content (AvgIpc) is 2.45. The van der Waals surface area contributed by atoms with E-state index in [-0.39, 0.29) is 15.7 Å². The number of carbonyl (C=O) groups is 1. The van der Waals surface area contributed by atoms with E-state index in [0.29, 0.717) is 0 Å². The highest BCUT2D eigenvalue weighted by atomic mass is 35.5. The fourth-order valence-corrected chi connectivity index (χ4v) is 1.84. The van der Waals surface area contributed by atoms with Crippen molar-refractivity contribution in [1.82, 2.24) is 9.97 Å². The summed E-state index contributed by atoms with van der Waals surface area (Å²) in [6, 6.07) is 3.11. The molecule has 1 aromatic heterocycles. The van der Waals surface area contributed by atoms with Crippen LogP contribution in [0.25, 0.3) is 0 Å². The number of nitrogens with zero attached hydrogens (tertiary/aromatic N) is 2. The number of rotatable bonds is 2. The Bertz CT molecular complexity index is 800. The number of halogens is 6. The zero-order valence-corrected chi connectivity index (χ0v) is 12.9. The van der Waals surface area contributed by atoms with Gasteiger partial charge in [-0.05, 0) is 18.2 Å². The van der Waals surface area contributed by atoms with Crippen molar-refractivity contribution >= 4 is 46.7 Å². The second-order valence-corrected chi connectivity index (χ2v) is 5.12. The monoisotopic (exact) mass is 383 g/mol. The molecule has 0 radical (unpaired) electrons. The molecule has 0 fully saturated rings. The van der Waals surface area contributed by atoms with Crippen molar-refractivity contribution in [2.24, 2.45) is 0 Å². The normalized spacial score (nSPS) is 11.2. The standard InChI is InChI=1S/C12H7Cl2F4N5O/c13-5-2-1-4(3-6(5)14)20-11(24)23-10-21-8(12(16,17)18)7(15)9(19)22-10/h1-3H,(H4,19,20,21,22,23,24). The maximum atomic E-state index is 13.3. The van der Waals surface area contributed by atoms with Gasteiger partial charge in [0, 0.05) is 5.69 Å². The molecule has 1 aromatic carbocycles. The maximum Gasteiger partial charge on any atom is 0.436 e. The lowest BCUT2D eigenvalue weighted by Crippen LogP contribution is -2.23. The van der Waals surface area contributed by atoms with Crippen molar-refractivity contribution in [3.8, 4) is 0 Å². The highest BCUT2D eigenvalue weighted by Crippen LogP contribution is 2.32. The van der Waals surface area contributed by atoms with Crippen molar-refractivity contribution in [2.75, 3.05) is 16.4 Å². The lowest BCUT2D eigenvalue weighted by Gasteiger charge is -2.11. The fourth-order valence-electron chi connectivity index (χ4n) is 1.55. The number of hydrogen-bond donors (Lipinski definition) is 3. The molecular weight excluding hydrogens is 377 g/mol. The van der Waals surface area contributed by atoms with Crippen molar-refractivity contribution in [3.63, 3.8) is 0 Å². The Morgan fingerprint density at radius 3 is 2.38 bits per heavy atom. The van der Waals surface area contributed by atoms with E-state index in [1.54, 1.807) is 0 Å². The minimum Gasteiger partial charge on any atom is -0.381 e. The molecule has 0 saturated carbocycles. The van der Waals surface area contributed by atoms with Crippen LogP contribution in [0.4, 0.5) is 39.8 Å². The van der Waals surface area contributed by atoms with Gasteiger partial charge in [0.15, 0.2) is 17.3 Å². The van der Waals surface area contributed by atoms with Crippen LogP contribution in [0.3, 0.4) is 0 Å². The molecule has 0 saturated heterocycles. The van der Waals surface area contributed by atoms with Gasteiger partial charge in [-0.2, -0.15) is 18.2 Å². The second-order valence-electron chi connectivity index (χ2n) is 4.30. The predicted molar refractivity (Wildman–Crippen MR) is 80.5 cm³/mol. The van der Waals surface area contributed by atoms with Gasteiger partial charge < -0.3 is 11.1 Å². The number of amides is 2. The fraction of sp³-hybridized carbons (Fsp3) is 0.0833. The summed E-state index contributed by atoms with van der Waals surface area (Å²) in [4.78, 5) is 17.9. The molecule has 0 aliphatic rings. The highest BCUT2D eigenvalue weighted by Gasteiger charge is 2.38. The Kier molecular flexibility index (Phi) is 4.99. The molecule has 0 aliphatic carbocycles. The number of urea groups is 1. The molecule has 2 amide bonds. The Balaban J connectivity index is 2.20. The minimum absolute atomic E-state index is 0.149. The lowest BCUT2D eigenvalue weighted by atomic mass is 10.3. The lowest BCUT2D eigenvalue weighted by molar-refractivity contribution is -0.143. The van der Waals surface area contributed by atoms with E-state index in [0.717, 1.165) is 0 Å². The molecule has 6 nitrogen and oxygen atoms in total. The van der Waals surface area contributed by atoms with Gasteiger partial charge in [-0.1, -0.05) is 23.2 Å². The van der Waals surface area contributed by atoms with Gasteiger partial charge >= 0.3 is 12.2 Å². The summed E-state index contributed by atoms with van der Waals surface area (Å²) in [5, 5.41) is 4.56. The Hall–Kier alpha value is -2.33. The van der Waals surface area contributed by atoms with Crippen LogP contribution in [-0.4, -0.2) is 16.0 Å². The van der Waals surface area contributed by atoms with Crippen molar-refractivity contribution < 1.29 is 22.4 Å². The second kappa shape index (κ2) is 6.65. The molecule has 24 heavy (non-hydrogen) atoms. The van der Waals surface area contributed by atoms with E-state index in [1.165, 1.54) is 18.2 Å². The molecule has 2 aromatic rings. The summed E-state index contributed by atoms with van der Waals surface area (Å²) < 4.78 is 51.2. The Labute approximate surface area is 142 Å². The van der Waals surface area contributed by atoms with Gasteiger partial charge in [-0.3, -0.25) is 5.32 Å². The molecule has 0 atom stereocenters. The summed E-state index contributed by atoms with van der Waals surface area (Å²) in [5.74, 6) is -3.70. The van der Waals surface area contributed by atoms with Crippen molar-refractivity contribution in [2.45, 2.75) is 6.18 Å². The van der Waals surface area contributed by atoms with Gasteiger partial charge in [0.2, 0.25) is 5.95 Å². The quantitative estimate of drug-likeness (QED) is 0.678. The van der Waals surface area contributed by atoms with Crippen LogP contribution in [0.15, 0.2) is 18.2 Å². The first-order chi connectivity index (χ1) is 11.1. The third-order valence-corrected chi connectivity index (χ3v) is 3.29. The number of nitrogens with one attached hydrogen (secondary N) is 2. The van der Waals surface area contributed by atoms with E-state index >= 15 is 0 Å². The molecule has 0 spiro atoms. The topological polar surface area (TPSA) is 92.9 Å².